The first-order valence-corrected chi connectivity index (χ1v) is 8.74. The fourth-order valence-electron chi connectivity index (χ4n) is 3.29. The molecule has 5 nitrogen and oxygen atoms in total. The van der Waals surface area contributed by atoms with Crippen molar-refractivity contribution < 1.29 is 9.90 Å². The molecule has 0 bridgehead atoms. The number of aromatic nitrogens is 2. The molecule has 1 saturated carbocycles. The zero-order chi connectivity index (χ0) is 16.8. The monoisotopic (exact) mass is 345 g/mol. The van der Waals surface area contributed by atoms with Crippen LogP contribution in [0.3, 0.4) is 0 Å². The quantitative estimate of drug-likeness (QED) is 0.930. The maximum absolute atomic E-state index is 12.8. The Morgan fingerprint density at radius 3 is 2.75 bits per heavy atom. The predicted molar refractivity (Wildman–Crippen MR) is 91.8 cm³/mol. The van der Waals surface area contributed by atoms with Crippen LogP contribution in [0.4, 0.5) is 0 Å². The SMILES string of the molecule is Cc1ccc(-n2ncc(C(=O)N3CC[C@@H](O)C3)c2C2CC2)cc1Cl. The van der Waals surface area contributed by atoms with Gasteiger partial charge in [0, 0.05) is 24.0 Å². The number of aliphatic hydroxyl groups is 1. The van der Waals surface area contributed by atoms with Crippen LogP contribution in [0.1, 0.15) is 46.8 Å². The Morgan fingerprint density at radius 2 is 2.12 bits per heavy atom. The van der Waals surface area contributed by atoms with E-state index in [0.29, 0.717) is 36.0 Å². The molecule has 6 heteroatoms. The number of β-amino-alcohol motifs (C(OH)–C–C–N with tert-alkyl or cyclic N) is 1. The summed E-state index contributed by atoms with van der Waals surface area (Å²) in [5.74, 6) is 0.344. The van der Waals surface area contributed by atoms with E-state index in [1.807, 2.05) is 29.8 Å². The van der Waals surface area contributed by atoms with Gasteiger partial charge in [-0.1, -0.05) is 17.7 Å². The molecule has 1 aromatic carbocycles. The van der Waals surface area contributed by atoms with Gasteiger partial charge in [-0.25, -0.2) is 4.68 Å². The number of halogens is 1. The molecule has 1 amide bonds. The molecule has 2 aromatic rings. The molecule has 1 atom stereocenters. The summed E-state index contributed by atoms with van der Waals surface area (Å²) in [6, 6.07) is 5.84. The van der Waals surface area contributed by atoms with Crippen molar-refractivity contribution in [2.24, 2.45) is 0 Å². The van der Waals surface area contributed by atoms with Crippen molar-refractivity contribution in [3.63, 3.8) is 0 Å². The van der Waals surface area contributed by atoms with Crippen molar-refractivity contribution in [2.75, 3.05) is 13.1 Å². The predicted octanol–water partition coefficient (Wildman–Crippen LogP) is 2.92. The minimum absolute atomic E-state index is 0.0297. The molecule has 0 spiro atoms. The molecule has 1 N–H and O–H groups in total. The highest BCUT2D eigenvalue weighted by Crippen LogP contribution is 2.43. The van der Waals surface area contributed by atoms with Gasteiger partial charge in [-0.05, 0) is 43.9 Å². The first-order valence-electron chi connectivity index (χ1n) is 8.36. The molecule has 0 radical (unpaired) electrons. The lowest BCUT2D eigenvalue weighted by Gasteiger charge is -2.16. The second-order valence-electron chi connectivity index (χ2n) is 6.76. The highest BCUT2D eigenvalue weighted by Gasteiger charge is 2.35. The molecule has 2 aliphatic rings. The minimum atomic E-state index is -0.413. The van der Waals surface area contributed by atoms with E-state index in [2.05, 4.69) is 5.10 Å². The van der Waals surface area contributed by atoms with Crippen molar-refractivity contribution in [1.82, 2.24) is 14.7 Å². The van der Waals surface area contributed by atoms with Gasteiger partial charge in [-0.2, -0.15) is 5.10 Å². The van der Waals surface area contributed by atoms with E-state index in [1.165, 1.54) is 0 Å². The number of aryl methyl sites for hydroxylation is 1. The molecular weight excluding hydrogens is 326 g/mol. The van der Waals surface area contributed by atoms with Crippen molar-refractivity contribution >= 4 is 17.5 Å². The average Bonchev–Trinajstić information content (AvgIpc) is 3.15. The number of rotatable bonds is 3. The topological polar surface area (TPSA) is 58.4 Å². The van der Waals surface area contributed by atoms with Crippen LogP contribution >= 0.6 is 11.6 Å². The Kier molecular flexibility index (Phi) is 3.85. The molecule has 1 saturated heterocycles. The number of hydrogen-bond acceptors (Lipinski definition) is 3. The lowest BCUT2D eigenvalue weighted by Crippen LogP contribution is -2.30. The highest BCUT2D eigenvalue weighted by molar-refractivity contribution is 6.31. The van der Waals surface area contributed by atoms with Gasteiger partial charge in [0.2, 0.25) is 0 Å². The number of nitrogens with zero attached hydrogens (tertiary/aromatic N) is 3. The molecule has 1 aliphatic carbocycles. The van der Waals surface area contributed by atoms with E-state index >= 15 is 0 Å². The Balaban J connectivity index is 1.73. The van der Waals surface area contributed by atoms with E-state index in [0.717, 1.165) is 29.8 Å². The van der Waals surface area contributed by atoms with Crippen molar-refractivity contribution in [3.05, 3.63) is 46.2 Å². The van der Waals surface area contributed by atoms with Crippen molar-refractivity contribution in [3.8, 4) is 5.69 Å². The van der Waals surface area contributed by atoms with Crippen LogP contribution in [-0.2, 0) is 0 Å². The van der Waals surface area contributed by atoms with Crippen molar-refractivity contribution in [2.45, 2.75) is 38.2 Å². The zero-order valence-electron chi connectivity index (χ0n) is 13.6. The first kappa shape index (κ1) is 15.7. The molecule has 1 aromatic heterocycles. The van der Waals surface area contributed by atoms with Crippen LogP contribution in [0, 0.1) is 6.92 Å². The third-order valence-corrected chi connectivity index (χ3v) is 5.26. The summed E-state index contributed by atoms with van der Waals surface area (Å²) in [5, 5.41) is 14.9. The summed E-state index contributed by atoms with van der Waals surface area (Å²) < 4.78 is 1.85. The second kappa shape index (κ2) is 5.90. The standard InChI is InChI=1S/C18H20ClN3O2/c1-11-2-5-13(8-16(11)19)22-17(12-3-4-12)15(9-20-22)18(24)21-7-6-14(23)10-21/h2,5,8-9,12,14,23H,3-4,6-7,10H2,1H3/t14-/m1/s1. The van der Waals surface area contributed by atoms with Gasteiger partial charge in [-0.15, -0.1) is 0 Å². The summed E-state index contributed by atoms with van der Waals surface area (Å²) in [4.78, 5) is 14.6. The third kappa shape index (κ3) is 2.72. The van der Waals surface area contributed by atoms with Gasteiger partial charge in [0.05, 0.1) is 29.2 Å². The molecule has 0 unspecified atom stereocenters. The van der Waals surface area contributed by atoms with E-state index in [1.54, 1.807) is 11.1 Å². The lowest BCUT2D eigenvalue weighted by molar-refractivity contribution is 0.0764. The van der Waals surface area contributed by atoms with Crippen LogP contribution in [0.5, 0.6) is 0 Å². The van der Waals surface area contributed by atoms with E-state index in [4.69, 9.17) is 11.6 Å². The van der Waals surface area contributed by atoms with Gasteiger partial charge in [0.15, 0.2) is 0 Å². The van der Waals surface area contributed by atoms with Crippen molar-refractivity contribution in [1.29, 1.82) is 0 Å². The molecular formula is C18H20ClN3O2. The van der Waals surface area contributed by atoms with Gasteiger partial charge >= 0.3 is 0 Å². The number of carbonyl (C=O) groups excluding carboxylic acids is 1. The van der Waals surface area contributed by atoms with Gasteiger partial charge in [0.25, 0.3) is 5.91 Å². The Hall–Kier alpha value is -1.85. The second-order valence-corrected chi connectivity index (χ2v) is 7.16. The molecule has 2 heterocycles. The number of amides is 1. The fourth-order valence-corrected chi connectivity index (χ4v) is 3.46. The van der Waals surface area contributed by atoms with Gasteiger partial charge < -0.3 is 10.0 Å². The number of carbonyl (C=O) groups is 1. The smallest absolute Gasteiger partial charge is 0.257 e. The largest absolute Gasteiger partial charge is 0.391 e. The normalized spacial score (nSPS) is 20.6. The molecule has 24 heavy (non-hydrogen) atoms. The molecule has 1 aliphatic heterocycles. The molecule has 126 valence electrons. The number of benzene rings is 1. The Labute approximate surface area is 145 Å². The van der Waals surface area contributed by atoms with Crippen LogP contribution in [0.15, 0.2) is 24.4 Å². The summed E-state index contributed by atoms with van der Waals surface area (Å²) in [6.45, 7) is 2.97. The van der Waals surface area contributed by atoms with Crippen LogP contribution < -0.4 is 0 Å². The Bertz CT molecular complexity index is 798. The maximum atomic E-state index is 12.8. The summed E-state index contributed by atoms with van der Waals surface area (Å²) >= 11 is 6.26. The fraction of sp³-hybridized carbons (Fsp3) is 0.444. The summed E-state index contributed by atoms with van der Waals surface area (Å²) in [6.07, 6.45) is 4.05. The summed E-state index contributed by atoms with van der Waals surface area (Å²) in [7, 11) is 0. The van der Waals surface area contributed by atoms with Gasteiger partial charge in [0.1, 0.15) is 0 Å². The summed E-state index contributed by atoms with van der Waals surface area (Å²) in [5.41, 5.74) is 3.53. The number of likely N-dealkylation sites (tertiary alicyclic amines) is 1. The number of aliphatic hydroxyl groups excluding tert-OH is 1. The number of hydrogen-bond donors (Lipinski definition) is 1. The van der Waals surface area contributed by atoms with Gasteiger partial charge in [-0.3, -0.25) is 4.79 Å². The van der Waals surface area contributed by atoms with Crippen LogP contribution in [0.25, 0.3) is 5.69 Å². The highest BCUT2D eigenvalue weighted by atomic mass is 35.5. The Morgan fingerprint density at radius 1 is 1.33 bits per heavy atom. The maximum Gasteiger partial charge on any atom is 0.257 e. The minimum Gasteiger partial charge on any atom is -0.391 e. The molecule has 2 fully saturated rings. The average molecular weight is 346 g/mol. The van der Waals surface area contributed by atoms with E-state index in [-0.39, 0.29) is 5.91 Å². The van der Waals surface area contributed by atoms with E-state index in [9.17, 15) is 9.90 Å². The first-order chi connectivity index (χ1) is 11.5. The molecule has 4 rings (SSSR count). The zero-order valence-corrected chi connectivity index (χ0v) is 14.3. The van der Waals surface area contributed by atoms with Crippen LogP contribution in [0.2, 0.25) is 5.02 Å². The van der Waals surface area contributed by atoms with E-state index < -0.39 is 6.10 Å². The third-order valence-electron chi connectivity index (χ3n) is 4.85. The van der Waals surface area contributed by atoms with Crippen LogP contribution in [-0.4, -0.2) is 44.9 Å². The lowest BCUT2D eigenvalue weighted by atomic mass is 10.1.